The molecular weight excluding hydrogens is 236 g/mol. The topological polar surface area (TPSA) is 41.1 Å². The third-order valence-electron chi connectivity index (χ3n) is 5.43. The summed E-state index contributed by atoms with van der Waals surface area (Å²) in [4.78, 5) is 12.7. The van der Waals surface area contributed by atoms with E-state index in [9.17, 15) is 4.79 Å². The number of hydrogen-bond acceptors (Lipinski definition) is 2. The predicted octanol–water partition coefficient (Wildman–Crippen LogP) is 2.85. The number of amides is 1. The van der Waals surface area contributed by atoms with Crippen molar-refractivity contribution < 1.29 is 4.79 Å². The highest BCUT2D eigenvalue weighted by molar-refractivity contribution is 5.83. The number of carbonyl (C=O) groups excluding carboxylic acids is 1. The van der Waals surface area contributed by atoms with Crippen molar-refractivity contribution in [3.8, 4) is 0 Å². The van der Waals surface area contributed by atoms with Crippen molar-refractivity contribution >= 4 is 5.91 Å². The maximum absolute atomic E-state index is 12.7. The first kappa shape index (κ1) is 14.8. The number of piperidine rings is 1. The van der Waals surface area contributed by atoms with Crippen LogP contribution in [-0.2, 0) is 4.79 Å². The lowest BCUT2D eigenvalue weighted by molar-refractivity contribution is -0.134. The minimum atomic E-state index is -0.103. The van der Waals surface area contributed by atoms with E-state index in [2.05, 4.69) is 24.5 Å². The van der Waals surface area contributed by atoms with Crippen LogP contribution in [0, 0.1) is 11.3 Å². The summed E-state index contributed by atoms with van der Waals surface area (Å²) in [7, 11) is 0. The van der Waals surface area contributed by atoms with E-state index in [0.29, 0.717) is 17.9 Å². The fourth-order valence-electron chi connectivity index (χ4n) is 3.76. The Hall–Kier alpha value is -0.570. The number of rotatable bonds is 4. The van der Waals surface area contributed by atoms with Crippen molar-refractivity contribution in [3.05, 3.63) is 0 Å². The lowest BCUT2D eigenvalue weighted by Crippen LogP contribution is -2.51. The Morgan fingerprint density at radius 1 is 1.26 bits per heavy atom. The van der Waals surface area contributed by atoms with Crippen LogP contribution in [-0.4, -0.2) is 25.0 Å². The first-order chi connectivity index (χ1) is 9.18. The Kier molecular flexibility index (Phi) is 5.26. The molecule has 1 saturated heterocycles. The van der Waals surface area contributed by atoms with Gasteiger partial charge >= 0.3 is 0 Å². The van der Waals surface area contributed by atoms with Crippen LogP contribution < -0.4 is 10.6 Å². The quantitative estimate of drug-likeness (QED) is 0.821. The summed E-state index contributed by atoms with van der Waals surface area (Å²) in [5, 5.41) is 6.71. The monoisotopic (exact) mass is 266 g/mol. The van der Waals surface area contributed by atoms with Crippen LogP contribution in [0.4, 0.5) is 0 Å². The van der Waals surface area contributed by atoms with Crippen LogP contribution in [0.25, 0.3) is 0 Å². The average molecular weight is 266 g/mol. The molecule has 1 unspecified atom stereocenters. The molecule has 1 saturated carbocycles. The first-order valence-corrected chi connectivity index (χ1v) is 8.19. The standard InChI is InChI=1S/C16H30N2O/c1-3-16(9-11-17-12-10-16)15(19)18-13(2)14-7-5-4-6-8-14/h13-14,17H,3-12H2,1-2H3,(H,18,19). The molecule has 2 aliphatic rings. The summed E-state index contributed by atoms with van der Waals surface area (Å²) in [6.45, 7) is 6.34. The van der Waals surface area contributed by atoms with Crippen molar-refractivity contribution in [2.75, 3.05) is 13.1 Å². The molecule has 0 radical (unpaired) electrons. The highest BCUT2D eigenvalue weighted by atomic mass is 16.2. The number of hydrogen-bond donors (Lipinski definition) is 2. The van der Waals surface area contributed by atoms with E-state index >= 15 is 0 Å². The lowest BCUT2D eigenvalue weighted by atomic mass is 9.75. The van der Waals surface area contributed by atoms with E-state index in [1.54, 1.807) is 0 Å². The molecule has 19 heavy (non-hydrogen) atoms. The third-order valence-corrected chi connectivity index (χ3v) is 5.43. The molecule has 3 nitrogen and oxygen atoms in total. The van der Waals surface area contributed by atoms with Crippen molar-refractivity contribution in [1.82, 2.24) is 10.6 Å². The highest BCUT2D eigenvalue weighted by Crippen LogP contribution is 2.34. The summed E-state index contributed by atoms with van der Waals surface area (Å²) in [5.41, 5.74) is -0.103. The van der Waals surface area contributed by atoms with E-state index in [1.807, 2.05) is 0 Å². The Morgan fingerprint density at radius 3 is 2.47 bits per heavy atom. The average Bonchev–Trinajstić information content (AvgIpc) is 2.48. The summed E-state index contributed by atoms with van der Waals surface area (Å²) >= 11 is 0. The van der Waals surface area contributed by atoms with Crippen LogP contribution in [0.5, 0.6) is 0 Å². The maximum atomic E-state index is 12.7. The first-order valence-electron chi connectivity index (χ1n) is 8.19. The van der Waals surface area contributed by atoms with E-state index in [1.165, 1.54) is 32.1 Å². The number of nitrogens with one attached hydrogen (secondary N) is 2. The highest BCUT2D eigenvalue weighted by Gasteiger charge is 2.38. The van der Waals surface area contributed by atoms with Gasteiger partial charge in [-0.2, -0.15) is 0 Å². The van der Waals surface area contributed by atoms with E-state index in [0.717, 1.165) is 32.4 Å². The molecule has 2 N–H and O–H groups in total. The molecule has 1 aliphatic carbocycles. The summed E-state index contributed by atoms with van der Waals surface area (Å²) < 4.78 is 0. The molecule has 1 heterocycles. The van der Waals surface area contributed by atoms with E-state index < -0.39 is 0 Å². The Bertz CT molecular complexity index is 291. The molecule has 1 atom stereocenters. The third kappa shape index (κ3) is 3.50. The van der Waals surface area contributed by atoms with Crippen LogP contribution in [0.2, 0.25) is 0 Å². The second-order valence-electron chi connectivity index (χ2n) is 6.54. The maximum Gasteiger partial charge on any atom is 0.226 e. The molecule has 3 heteroatoms. The van der Waals surface area contributed by atoms with Crippen LogP contribution in [0.1, 0.15) is 65.2 Å². The van der Waals surface area contributed by atoms with Crippen LogP contribution in [0.3, 0.4) is 0 Å². The molecule has 1 aliphatic heterocycles. The Morgan fingerprint density at radius 2 is 1.89 bits per heavy atom. The second kappa shape index (κ2) is 6.74. The fourth-order valence-corrected chi connectivity index (χ4v) is 3.76. The molecule has 0 aromatic heterocycles. The summed E-state index contributed by atoms with van der Waals surface area (Å²) in [5.74, 6) is 1.02. The fraction of sp³-hybridized carbons (Fsp3) is 0.938. The van der Waals surface area contributed by atoms with Gasteiger partial charge in [-0.05, 0) is 58.0 Å². The van der Waals surface area contributed by atoms with Gasteiger partial charge in [0.1, 0.15) is 0 Å². The molecule has 2 rings (SSSR count). The zero-order chi connectivity index (χ0) is 13.7. The molecular formula is C16H30N2O. The predicted molar refractivity (Wildman–Crippen MR) is 79.0 cm³/mol. The zero-order valence-electron chi connectivity index (χ0n) is 12.6. The Labute approximate surface area is 117 Å². The largest absolute Gasteiger partial charge is 0.353 e. The smallest absolute Gasteiger partial charge is 0.226 e. The van der Waals surface area contributed by atoms with Gasteiger partial charge in [0.15, 0.2) is 0 Å². The van der Waals surface area contributed by atoms with Gasteiger partial charge in [0.2, 0.25) is 5.91 Å². The summed E-state index contributed by atoms with van der Waals surface area (Å²) in [6.07, 6.45) is 9.60. The van der Waals surface area contributed by atoms with Gasteiger partial charge in [0, 0.05) is 6.04 Å². The van der Waals surface area contributed by atoms with Gasteiger partial charge in [0.25, 0.3) is 0 Å². The zero-order valence-corrected chi connectivity index (χ0v) is 12.6. The van der Waals surface area contributed by atoms with Crippen LogP contribution in [0.15, 0.2) is 0 Å². The molecule has 1 amide bonds. The molecule has 2 fully saturated rings. The second-order valence-corrected chi connectivity index (χ2v) is 6.54. The van der Waals surface area contributed by atoms with Gasteiger partial charge in [-0.15, -0.1) is 0 Å². The minimum Gasteiger partial charge on any atom is -0.353 e. The molecule has 0 aromatic rings. The van der Waals surface area contributed by atoms with Crippen LogP contribution >= 0.6 is 0 Å². The summed E-state index contributed by atoms with van der Waals surface area (Å²) in [6, 6.07) is 0.353. The molecule has 0 aromatic carbocycles. The van der Waals surface area contributed by atoms with Gasteiger partial charge in [0.05, 0.1) is 5.41 Å². The SMILES string of the molecule is CCC1(C(=O)NC(C)C2CCCCC2)CCNCC1. The molecule has 0 bridgehead atoms. The van der Waals surface area contributed by atoms with Crippen molar-refractivity contribution in [2.24, 2.45) is 11.3 Å². The Balaban J connectivity index is 1.90. The van der Waals surface area contributed by atoms with Crippen molar-refractivity contribution in [3.63, 3.8) is 0 Å². The number of carbonyl (C=O) groups is 1. The molecule has 110 valence electrons. The van der Waals surface area contributed by atoms with Crippen molar-refractivity contribution in [1.29, 1.82) is 0 Å². The van der Waals surface area contributed by atoms with E-state index in [4.69, 9.17) is 0 Å². The normalized spacial score (nSPS) is 25.8. The van der Waals surface area contributed by atoms with Gasteiger partial charge in [-0.3, -0.25) is 4.79 Å². The van der Waals surface area contributed by atoms with Crippen molar-refractivity contribution in [2.45, 2.75) is 71.3 Å². The van der Waals surface area contributed by atoms with Gasteiger partial charge in [-0.1, -0.05) is 26.2 Å². The van der Waals surface area contributed by atoms with Gasteiger partial charge < -0.3 is 10.6 Å². The van der Waals surface area contributed by atoms with E-state index in [-0.39, 0.29) is 5.41 Å². The van der Waals surface area contributed by atoms with Gasteiger partial charge in [-0.25, -0.2) is 0 Å². The minimum absolute atomic E-state index is 0.103. The lowest BCUT2D eigenvalue weighted by Gasteiger charge is -2.38. The molecule has 0 spiro atoms.